The lowest BCUT2D eigenvalue weighted by atomic mass is 9.94. The molecule has 1 aromatic rings. The number of amides is 1. The van der Waals surface area contributed by atoms with Crippen molar-refractivity contribution < 1.29 is 4.79 Å². The van der Waals surface area contributed by atoms with Gasteiger partial charge in [0.15, 0.2) is 0 Å². The third-order valence-electron chi connectivity index (χ3n) is 4.04. The van der Waals surface area contributed by atoms with Gasteiger partial charge >= 0.3 is 0 Å². The molecule has 1 amide bonds. The van der Waals surface area contributed by atoms with Crippen LogP contribution in [0.2, 0.25) is 5.02 Å². The first kappa shape index (κ1) is 15.3. The molecule has 0 unspecified atom stereocenters. The molecule has 1 aromatic carbocycles. The number of carbonyl (C=O) groups excluding carboxylic acids is 1. The van der Waals surface area contributed by atoms with Crippen LogP contribution in [-0.4, -0.2) is 30.4 Å². The van der Waals surface area contributed by atoms with Crippen molar-refractivity contribution in [2.75, 3.05) is 18.9 Å². The molecule has 3 nitrogen and oxygen atoms in total. The number of hydrogen-bond donors (Lipinski definition) is 1. The topological polar surface area (TPSA) is 32.3 Å². The van der Waals surface area contributed by atoms with E-state index in [2.05, 4.69) is 17.3 Å². The van der Waals surface area contributed by atoms with Crippen LogP contribution in [0.3, 0.4) is 0 Å². The maximum atomic E-state index is 12.0. The first-order valence-corrected chi connectivity index (χ1v) is 7.79. The van der Waals surface area contributed by atoms with E-state index in [9.17, 15) is 4.79 Å². The van der Waals surface area contributed by atoms with Crippen LogP contribution in [0.15, 0.2) is 24.3 Å². The van der Waals surface area contributed by atoms with Crippen LogP contribution in [0.25, 0.3) is 0 Å². The Hall–Kier alpha value is -1.06. The van der Waals surface area contributed by atoms with Gasteiger partial charge in [0.1, 0.15) is 0 Å². The lowest BCUT2D eigenvalue weighted by Crippen LogP contribution is -2.35. The average Bonchev–Trinajstić information content (AvgIpc) is 2.48. The monoisotopic (exact) mass is 294 g/mol. The van der Waals surface area contributed by atoms with Crippen molar-refractivity contribution in [1.29, 1.82) is 0 Å². The smallest absolute Gasteiger partial charge is 0.225 e. The van der Waals surface area contributed by atoms with Gasteiger partial charge in [0.2, 0.25) is 5.91 Å². The van der Waals surface area contributed by atoms with E-state index in [-0.39, 0.29) is 5.91 Å². The summed E-state index contributed by atoms with van der Waals surface area (Å²) >= 11 is 6.03. The van der Waals surface area contributed by atoms with Gasteiger partial charge in [0.05, 0.1) is 10.7 Å². The van der Waals surface area contributed by atoms with Crippen LogP contribution in [0, 0.1) is 0 Å². The van der Waals surface area contributed by atoms with E-state index in [0.717, 1.165) is 6.54 Å². The molecule has 0 bridgehead atoms. The molecule has 110 valence electrons. The van der Waals surface area contributed by atoms with Gasteiger partial charge in [0.25, 0.3) is 0 Å². The Balaban J connectivity index is 1.76. The predicted octanol–water partition coefficient (Wildman–Crippen LogP) is 3.93. The van der Waals surface area contributed by atoms with Crippen LogP contribution >= 0.6 is 11.6 Å². The predicted molar refractivity (Wildman–Crippen MR) is 84.2 cm³/mol. The van der Waals surface area contributed by atoms with E-state index in [4.69, 9.17) is 11.6 Å². The zero-order chi connectivity index (χ0) is 14.4. The standard InChI is InChI=1S/C16H23ClN2O/c1-19(13-7-3-2-4-8-13)12-11-16(20)18-15-10-6-5-9-14(15)17/h5-6,9-10,13H,2-4,7-8,11-12H2,1H3,(H,18,20). The normalized spacial score (nSPS) is 16.4. The van der Waals surface area contributed by atoms with E-state index in [1.165, 1.54) is 32.1 Å². The molecule has 1 aliphatic rings. The number of rotatable bonds is 5. The molecule has 0 aromatic heterocycles. The summed E-state index contributed by atoms with van der Waals surface area (Å²) in [5, 5.41) is 3.46. The summed E-state index contributed by atoms with van der Waals surface area (Å²) in [7, 11) is 2.12. The summed E-state index contributed by atoms with van der Waals surface area (Å²) in [6.07, 6.45) is 7.04. The maximum Gasteiger partial charge on any atom is 0.225 e. The highest BCUT2D eigenvalue weighted by atomic mass is 35.5. The molecule has 0 heterocycles. The third-order valence-corrected chi connectivity index (χ3v) is 4.37. The van der Waals surface area contributed by atoms with Gasteiger partial charge in [-0.2, -0.15) is 0 Å². The molecule has 0 radical (unpaired) electrons. The first-order chi connectivity index (χ1) is 9.66. The molecule has 1 saturated carbocycles. The Labute approximate surface area is 126 Å². The van der Waals surface area contributed by atoms with Crippen molar-refractivity contribution >= 4 is 23.2 Å². The number of halogens is 1. The quantitative estimate of drug-likeness (QED) is 0.892. The van der Waals surface area contributed by atoms with Crippen LogP contribution < -0.4 is 5.32 Å². The van der Waals surface area contributed by atoms with Gasteiger partial charge in [0, 0.05) is 19.0 Å². The summed E-state index contributed by atoms with van der Waals surface area (Å²) in [6.45, 7) is 0.807. The Morgan fingerprint density at radius 2 is 2.00 bits per heavy atom. The highest BCUT2D eigenvalue weighted by Gasteiger charge is 2.18. The molecule has 2 rings (SSSR count). The number of para-hydroxylation sites is 1. The van der Waals surface area contributed by atoms with Crippen LogP contribution in [-0.2, 0) is 4.79 Å². The molecule has 20 heavy (non-hydrogen) atoms. The number of hydrogen-bond acceptors (Lipinski definition) is 2. The van der Waals surface area contributed by atoms with Crippen molar-refractivity contribution in [3.05, 3.63) is 29.3 Å². The van der Waals surface area contributed by atoms with E-state index in [1.54, 1.807) is 6.07 Å². The minimum atomic E-state index is 0.0285. The number of anilines is 1. The van der Waals surface area contributed by atoms with Crippen molar-refractivity contribution in [2.24, 2.45) is 0 Å². The van der Waals surface area contributed by atoms with Gasteiger partial charge < -0.3 is 10.2 Å². The van der Waals surface area contributed by atoms with Gasteiger partial charge in [-0.05, 0) is 32.0 Å². The maximum absolute atomic E-state index is 12.0. The van der Waals surface area contributed by atoms with Gasteiger partial charge in [-0.25, -0.2) is 0 Å². The first-order valence-electron chi connectivity index (χ1n) is 7.41. The van der Waals surface area contributed by atoms with Crippen LogP contribution in [0.5, 0.6) is 0 Å². The highest BCUT2D eigenvalue weighted by Crippen LogP contribution is 2.22. The summed E-state index contributed by atoms with van der Waals surface area (Å²) in [4.78, 5) is 14.3. The highest BCUT2D eigenvalue weighted by molar-refractivity contribution is 6.33. The van der Waals surface area contributed by atoms with Gasteiger partial charge in [-0.3, -0.25) is 4.79 Å². The molecular formula is C16H23ClN2O. The molecule has 0 saturated heterocycles. The van der Waals surface area contributed by atoms with E-state index in [0.29, 0.717) is 23.2 Å². The van der Waals surface area contributed by atoms with E-state index < -0.39 is 0 Å². The Morgan fingerprint density at radius 3 is 2.70 bits per heavy atom. The second-order valence-electron chi connectivity index (χ2n) is 5.55. The summed E-state index contributed by atoms with van der Waals surface area (Å²) in [6, 6.07) is 7.98. The minimum Gasteiger partial charge on any atom is -0.325 e. The Morgan fingerprint density at radius 1 is 1.30 bits per heavy atom. The van der Waals surface area contributed by atoms with E-state index in [1.807, 2.05) is 18.2 Å². The zero-order valence-electron chi connectivity index (χ0n) is 12.1. The summed E-state index contributed by atoms with van der Waals surface area (Å²) < 4.78 is 0. The molecule has 0 spiro atoms. The number of benzene rings is 1. The van der Waals surface area contributed by atoms with Crippen LogP contribution in [0.4, 0.5) is 5.69 Å². The molecular weight excluding hydrogens is 272 g/mol. The lowest BCUT2D eigenvalue weighted by Gasteiger charge is -2.30. The Kier molecular flexibility index (Phi) is 5.86. The van der Waals surface area contributed by atoms with Crippen molar-refractivity contribution in [3.63, 3.8) is 0 Å². The fourth-order valence-electron chi connectivity index (χ4n) is 2.76. The molecule has 1 fully saturated rings. The molecule has 0 atom stereocenters. The summed E-state index contributed by atoms with van der Waals surface area (Å²) in [5.41, 5.74) is 0.694. The minimum absolute atomic E-state index is 0.0285. The second kappa shape index (κ2) is 7.65. The molecule has 1 aliphatic carbocycles. The number of nitrogens with one attached hydrogen (secondary N) is 1. The van der Waals surface area contributed by atoms with Crippen molar-refractivity contribution in [3.8, 4) is 0 Å². The fraction of sp³-hybridized carbons (Fsp3) is 0.562. The molecule has 4 heteroatoms. The Bertz CT molecular complexity index is 444. The molecule has 0 aliphatic heterocycles. The van der Waals surface area contributed by atoms with E-state index >= 15 is 0 Å². The third kappa shape index (κ3) is 4.50. The van der Waals surface area contributed by atoms with Gasteiger partial charge in [-0.1, -0.05) is 43.0 Å². The lowest BCUT2D eigenvalue weighted by molar-refractivity contribution is -0.116. The second-order valence-corrected chi connectivity index (χ2v) is 5.96. The largest absolute Gasteiger partial charge is 0.325 e. The SMILES string of the molecule is CN(CCC(=O)Nc1ccccc1Cl)C1CCCCC1. The average molecular weight is 295 g/mol. The summed E-state index contributed by atoms with van der Waals surface area (Å²) in [5.74, 6) is 0.0285. The molecule has 1 N–H and O–H groups in total. The van der Waals surface area contributed by atoms with Gasteiger partial charge in [-0.15, -0.1) is 0 Å². The number of carbonyl (C=O) groups is 1. The zero-order valence-corrected chi connectivity index (χ0v) is 12.8. The van der Waals surface area contributed by atoms with Crippen molar-refractivity contribution in [1.82, 2.24) is 4.90 Å². The van der Waals surface area contributed by atoms with Crippen LogP contribution in [0.1, 0.15) is 38.5 Å². The number of nitrogens with zero attached hydrogens (tertiary/aromatic N) is 1. The van der Waals surface area contributed by atoms with Crippen molar-refractivity contribution in [2.45, 2.75) is 44.6 Å². The fourth-order valence-corrected chi connectivity index (χ4v) is 2.94.